The lowest BCUT2D eigenvalue weighted by Gasteiger charge is -2.26. The first kappa shape index (κ1) is 22.9. The molecule has 2 saturated heterocycles. The van der Waals surface area contributed by atoms with Crippen molar-refractivity contribution < 1.29 is 4.74 Å². The first-order chi connectivity index (χ1) is 18.0. The van der Waals surface area contributed by atoms with Crippen LogP contribution < -0.4 is 15.0 Å². The Labute approximate surface area is 221 Å². The zero-order chi connectivity index (χ0) is 25.1. The predicted octanol–water partition coefficient (Wildman–Crippen LogP) is 4.77. The highest BCUT2D eigenvalue weighted by atomic mass is 35.5. The van der Waals surface area contributed by atoms with E-state index in [4.69, 9.17) is 21.3 Å². The standard InChI is InChI=1S/C28H30ClN7O/c1-17-5-10-30-18(13-17)15-36-25(34-24-26(36)32-16-33-27(24)37-28(2)8-9-28)20-4-3-19(14-21(20)29)35-12-7-22-23(35)6-11-31-22/h3-5,10,13-14,16,22-23,31H,6-9,11-12,15H2,1-2H3. The largest absolute Gasteiger partial charge is 0.470 e. The van der Waals surface area contributed by atoms with Crippen LogP contribution in [0.5, 0.6) is 5.88 Å². The van der Waals surface area contributed by atoms with Gasteiger partial charge in [0.1, 0.15) is 17.8 Å². The number of pyridine rings is 1. The number of halogens is 1. The summed E-state index contributed by atoms with van der Waals surface area (Å²) in [6, 6.07) is 11.5. The Hall–Kier alpha value is -3.23. The Bertz CT molecular complexity index is 1500. The molecule has 1 N–H and O–H groups in total. The van der Waals surface area contributed by atoms with Crippen molar-refractivity contribution in [2.45, 2.75) is 63.8 Å². The molecule has 4 aromatic rings. The normalized spacial score (nSPS) is 22.0. The molecule has 0 radical (unpaired) electrons. The van der Waals surface area contributed by atoms with Gasteiger partial charge in [-0.2, -0.15) is 4.98 Å². The van der Waals surface area contributed by atoms with Crippen molar-refractivity contribution in [3.63, 3.8) is 0 Å². The molecule has 8 nitrogen and oxygen atoms in total. The maximum absolute atomic E-state index is 6.99. The van der Waals surface area contributed by atoms with Crippen LogP contribution in [0.3, 0.4) is 0 Å². The average molecular weight is 516 g/mol. The lowest BCUT2D eigenvalue weighted by molar-refractivity contribution is 0.194. The van der Waals surface area contributed by atoms with E-state index in [-0.39, 0.29) is 5.60 Å². The van der Waals surface area contributed by atoms with Crippen LogP contribution in [0.15, 0.2) is 42.9 Å². The molecule has 3 fully saturated rings. The third kappa shape index (κ3) is 4.12. The fraction of sp³-hybridized carbons (Fsp3) is 0.429. The van der Waals surface area contributed by atoms with E-state index in [2.05, 4.69) is 67.8 Å². The van der Waals surface area contributed by atoms with E-state index in [0.717, 1.165) is 48.6 Å². The molecule has 1 aliphatic carbocycles. The summed E-state index contributed by atoms with van der Waals surface area (Å²) >= 11 is 6.99. The summed E-state index contributed by atoms with van der Waals surface area (Å²) in [5.41, 5.74) is 5.30. The number of imidazole rings is 1. The van der Waals surface area contributed by atoms with Crippen LogP contribution in [0.4, 0.5) is 5.69 Å². The second-order valence-electron chi connectivity index (χ2n) is 10.8. The monoisotopic (exact) mass is 515 g/mol. The topological polar surface area (TPSA) is 81.0 Å². The summed E-state index contributed by atoms with van der Waals surface area (Å²) in [6.07, 6.45) is 7.76. The van der Waals surface area contributed by atoms with Crippen molar-refractivity contribution in [1.82, 2.24) is 29.8 Å². The summed E-state index contributed by atoms with van der Waals surface area (Å²) < 4.78 is 8.35. The van der Waals surface area contributed by atoms with Gasteiger partial charge in [0.25, 0.3) is 0 Å². The van der Waals surface area contributed by atoms with E-state index in [1.807, 2.05) is 12.3 Å². The van der Waals surface area contributed by atoms with Gasteiger partial charge in [-0.1, -0.05) is 11.6 Å². The third-order valence-electron chi connectivity index (χ3n) is 8.01. The Kier molecular flexibility index (Phi) is 5.37. The quantitative estimate of drug-likeness (QED) is 0.396. The number of nitrogens with zero attached hydrogens (tertiary/aromatic N) is 6. The fourth-order valence-electron chi connectivity index (χ4n) is 5.75. The summed E-state index contributed by atoms with van der Waals surface area (Å²) in [4.78, 5) is 21.2. The van der Waals surface area contributed by atoms with Gasteiger partial charge in [-0.25, -0.2) is 9.97 Å². The number of hydrogen-bond acceptors (Lipinski definition) is 7. The first-order valence-corrected chi connectivity index (χ1v) is 13.5. The van der Waals surface area contributed by atoms with Crippen LogP contribution in [0.1, 0.15) is 43.9 Å². The van der Waals surface area contributed by atoms with Gasteiger partial charge < -0.3 is 19.5 Å². The van der Waals surface area contributed by atoms with Gasteiger partial charge in [-0.05, 0) is 82.0 Å². The number of nitrogens with one attached hydrogen (secondary N) is 1. The smallest absolute Gasteiger partial charge is 0.245 e. The lowest BCUT2D eigenvalue weighted by Crippen LogP contribution is -2.34. The number of rotatable bonds is 6. The van der Waals surface area contributed by atoms with Gasteiger partial charge in [-0.15, -0.1) is 0 Å². The molecule has 5 heterocycles. The second kappa shape index (κ2) is 8.67. The minimum absolute atomic E-state index is 0.175. The van der Waals surface area contributed by atoms with Gasteiger partial charge in [-0.3, -0.25) is 4.98 Å². The van der Waals surface area contributed by atoms with Crippen LogP contribution in [0.2, 0.25) is 5.02 Å². The van der Waals surface area contributed by atoms with Gasteiger partial charge >= 0.3 is 0 Å². The van der Waals surface area contributed by atoms with E-state index in [1.54, 1.807) is 6.33 Å². The molecule has 7 rings (SSSR count). The molecular formula is C28H30ClN7O. The minimum Gasteiger partial charge on any atom is -0.470 e. The summed E-state index contributed by atoms with van der Waals surface area (Å²) in [6.45, 7) is 6.82. The molecule has 2 unspecified atom stereocenters. The van der Waals surface area contributed by atoms with E-state index >= 15 is 0 Å². The van der Waals surface area contributed by atoms with Crippen molar-refractivity contribution in [2.75, 3.05) is 18.0 Å². The molecule has 0 bridgehead atoms. The number of anilines is 1. The molecule has 0 amide bonds. The van der Waals surface area contributed by atoms with Crippen LogP contribution in [0.25, 0.3) is 22.6 Å². The molecule has 37 heavy (non-hydrogen) atoms. The average Bonchev–Trinajstić information content (AvgIpc) is 3.21. The highest BCUT2D eigenvalue weighted by molar-refractivity contribution is 6.33. The van der Waals surface area contributed by atoms with Crippen LogP contribution in [-0.4, -0.2) is 55.3 Å². The molecule has 2 aliphatic heterocycles. The maximum atomic E-state index is 6.99. The zero-order valence-electron chi connectivity index (χ0n) is 21.1. The number of benzene rings is 1. The lowest BCUT2D eigenvalue weighted by atomic mass is 10.1. The van der Waals surface area contributed by atoms with Crippen LogP contribution in [-0.2, 0) is 6.54 Å². The van der Waals surface area contributed by atoms with Gasteiger partial charge in [0, 0.05) is 36.1 Å². The summed E-state index contributed by atoms with van der Waals surface area (Å²) in [5.74, 6) is 1.26. The molecule has 3 aliphatic rings. The maximum Gasteiger partial charge on any atom is 0.245 e. The second-order valence-corrected chi connectivity index (χ2v) is 11.2. The highest BCUT2D eigenvalue weighted by Gasteiger charge is 2.41. The molecule has 9 heteroatoms. The van der Waals surface area contributed by atoms with Crippen molar-refractivity contribution in [1.29, 1.82) is 0 Å². The molecule has 190 valence electrons. The zero-order valence-corrected chi connectivity index (χ0v) is 21.9. The number of ether oxygens (including phenoxy) is 1. The summed E-state index contributed by atoms with van der Waals surface area (Å²) in [5, 5.41) is 4.30. The molecular weight excluding hydrogens is 486 g/mol. The Morgan fingerprint density at radius 1 is 1.14 bits per heavy atom. The van der Waals surface area contributed by atoms with Gasteiger partial charge in [0.05, 0.1) is 17.3 Å². The first-order valence-electron chi connectivity index (χ1n) is 13.1. The number of aromatic nitrogens is 5. The molecule has 0 spiro atoms. The van der Waals surface area contributed by atoms with Crippen LogP contribution in [0, 0.1) is 6.92 Å². The number of fused-ring (bicyclic) bond motifs is 2. The van der Waals surface area contributed by atoms with Crippen molar-refractivity contribution in [3.8, 4) is 17.3 Å². The Balaban J connectivity index is 1.32. The van der Waals surface area contributed by atoms with E-state index in [9.17, 15) is 0 Å². The van der Waals surface area contributed by atoms with E-state index in [1.165, 1.54) is 18.5 Å². The highest BCUT2D eigenvalue weighted by Crippen LogP contribution is 2.42. The van der Waals surface area contributed by atoms with Crippen molar-refractivity contribution in [3.05, 3.63) is 59.1 Å². The minimum atomic E-state index is -0.175. The van der Waals surface area contributed by atoms with Crippen molar-refractivity contribution in [2.24, 2.45) is 0 Å². The molecule has 1 saturated carbocycles. The van der Waals surface area contributed by atoms with E-state index in [0.29, 0.717) is 40.7 Å². The Morgan fingerprint density at radius 3 is 2.84 bits per heavy atom. The van der Waals surface area contributed by atoms with Gasteiger partial charge in [0.2, 0.25) is 5.88 Å². The molecule has 1 aromatic carbocycles. The van der Waals surface area contributed by atoms with Crippen LogP contribution >= 0.6 is 11.6 Å². The Morgan fingerprint density at radius 2 is 2.03 bits per heavy atom. The SMILES string of the molecule is Cc1ccnc(Cn2c(-c3ccc(N4CCC5NCCC54)cc3Cl)nc3c(OC4(C)CC4)ncnc32)c1. The summed E-state index contributed by atoms with van der Waals surface area (Å²) in [7, 11) is 0. The number of aryl methyl sites for hydroxylation is 1. The molecule has 2 atom stereocenters. The molecule has 3 aromatic heterocycles. The number of hydrogen-bond donors (Lipinski definition) is 1. The predicted molar refractivity (Wildman–Crippen MR) is 144 cm³/mol. The fourth-order valence-corrected chi connectivity index (χ4v) is 6.01. The van der Waals surface area contributed by atoms with Gasteiger partial charge in [0.15, 0.2) is 11.2 Å². The van der Waals surface area contributed by atoms with E-state index < -0.39 is 0 Å². The van der Waals surface area contributed by atoms with Crippen molar-refractivity contribution >= 4 is 28.5 Å². The third-order valence-corrected chi connectivity index (χ3v) is 8.32.